The lowest BCUT2D eigenvalue weighted by molar-refractivity contribution is 0.110. The molecule has 1 saturated heterocycles. The Labute approximate surface area is 206 Å². The van der Waals surface area contributed by atoms with Crippen molar-refractivity contribution in [1.82, 2.24) is 15.5 Å². The molecule has 0 aromatic heterocycles. The van der Waals surface area contributed by atoms with Crippen molar-refractivity contribution in [3.8, 4) is 0 Å². The van der Waals surface area contributed by atoms with E-state index in [0.29, 0.717) is 23.4 Å². The van der Waals surface area contributed by atoms with Crippen LogP contribution in [0.4, 0.5) is 0 Å². The number of aryl methyl sites for hydroxylation is 1. The van der Waals surface area contributed by atoms with E-state index in [2.05, 4.69) is 43.2 Å². The lowest BCUT2D eigenvalue weighted by atomic mass is 9.94. The fourth-order valence-electron chi connectivity index (χ4n) is 4.09. The van der Waals surface area contributed by atoms with E-state index >= 15 is 0 Å². The molecule has 1 heterocycles. The molecule has 1 aliphatic heterocycles. The van der Waals surface area contributed by atoms with Crippen LogP contribution >= 0.6 is 24.0 Å². The quantitative estimate of drug-likeness (QED) is 0.285. The molecule has 0 saturated carbocycles. The summed E-state index contributed by atoms with van der Waals surface area (Å²) in [7, 11) is -3.20. The smallest absolute Gasteiger partial charge is 0.191 e. The van der Waals surface area contributed by atoms with Crippen LogP contribution in [0.5, 0.6) is 0 Å². The van der Waals surface area contributed by atoms with Crippen molar-refractivity contribution in [2.45, 2.75) is 64.9 Å². The molecule has 1 unspecified atom stereocenters. The van der Waals surface area contributed by atoms with E-state index < -0.39 is 9.84 Å². The topological polar surface area (TPSA) is 73.8 Å². The number of likely N-dealkylation sites (tertiary alicyclic amines) is 1. The van der Waals surface area contributed by atoms with Gasteiger partial charge in [-0.2, -0.15) is 0 Å². The standard InChI is InChI=1S/C23H40N4O2S.HI/c1-7-24-23(25-15-20-8-9-22(19(5)14-20)30(6,28)29)26-16-21(17(2)3)27-12-10-18(4)11-13-27;/h8-9,14,17-18,21H,7,10-13,15-16H2,1-6H3,(H2,24,25,26);1H. The molecule has 1 aromatic carbocycles. The number of hydrogen-bond donors (Lipinski definition) is 2. The minimum absolute atomic E-state index is 0. The predicted molar refractivity (Wildman–Crippen MR) is 141 cm³/mol. The zero-order valence-corrected chi connectivity index (χ0v) is 23.1. The third kappa shape index (κ3) is 8.88. The van der Waals surface area contributed by atoms with Crippen molar-refractivity contribution >= 4 is 39.8 Å². The number of guanidine groups is 1. The molecule has 1 fully saturated rings. The van der Waals surface area contributed by atoms with Crippen molar-refractivity contribution in [1.29, 1.82) is 0 Å². The van der Waals surface area contributed by atoms with Gasteiger partial charge in [-0.25, -0.2) is 13.4 Å². The van der Waals surface area contributed by atoms with E-state index in [1.54, 1.807) is 6.07 Å². The van der Waals surface area contributed by atoms with Gasteiger partial charge in [0.1, 0.15) is 0 Å². The maximum Gasteiger partial charge on any atom is 0.191 e. The second-order valence-corrected chi connectivity index (χ2v) is 11.0. The summed E-state index contributed by atoms with van der Waals surface area (Å²) < 4.78 is 23.6. The monoisotopic (exact) mass is 564 g/mol. The zero-order valence-electron chi connectivity index (χ0n) is 19.9. The Bertz CT molecular complexity index is 819. The average Bonchev–Trinajstić information content (AvgIpc) is 2.66. The summed E-state index contributed by atoms with van der Waals surface area (Å²) in [6, 6.07) is 5.93. The van der Waals surface area contributed by atoms with Crippen LogP contribution in [0, 0.1) is 18.8 Å². The summed E-state index contributed by atoms with van der Waals surface area (Å²) in [5.74, 6) is 2.21. The lowest BCUT2D eigenvalue weighted by Gasteiger charge is -2.39. The lowest BCUT2D eigenvalue weighted by Crippen LogP contribution is -2.51. The Kier molecular flexibility index (Phi) is 11.8. The van der Waals surface area contributed by atoms with Crippen LogP contribution in [0.1, 0.15) is 51.7 Å². The van der Waals surface area contributed by atoms with Gasteiger partial charge in [-0.3, -0.25) is 4.90 Å². The molecule has 31 heavy (non-hydrogen) atoms. The van der Waals surface area contributed by atoms with Crippen molar-refractivity contribution < 1.29 is 8.42 Å². The molecule has 2 N–H and O–H groups in total. The van der Waals surface area contributed by atoms with Crippen molar-refractivity contribution in [2.75, 3.05) is 32.4 Å². The first-order chi connectivity index (χ1) is 14.1. The number of aliphatic imine (C=N–C) groups is 1. The van der Waals surface area contributed by atoms with E-state index in [4.69, 9.17) is 4.99 Å². The summed E-state index contributed by atoms with van der Waals surface area (Å²) in [5, 5.41) is 6.86. The van der Waals surface area contributed by atoms with Gasteiger partial charge in [0.25, 0.3) is 0 Å². The summed E-state index contributed by atoms with van der Waals surface area (Å²) in [5.41, 5.74) is 1.77. The third-order valence-electron chi connectivity index (χ3n) is 5.94. The number of sulfone groups is 1. The molecule has 0 aliphatic carbocycles. The van der Waals surface area contributed by atoms with Gasteiger partial charge >= 0.3 is 0 Å². The minimum atomic E-state index is -3.20. The number of nitrogens with one attached hydrogen (secondary N) is 2. The average molecular weight is 565 g/mol. The zero-order chi connectivity index (χ0) is 22.3. The van der Waals surface area contributed by atoms with Gasteiger partial charge in [-0.05, 0) is 68.8 Å². The number of nitrogens with zero attached hydrogens (tertiary/aromatic N) is 2. The molecular formula is C23H41IN4O2S. The fraction of sp³-hybridized carbons (Fsp3) is 0.696. The van der Waals surface area contributed by atoms with Gasteiger partial charge < -0.3 is 10.6 Å². The first-order valence-corrected chi connectivity index (χ1v) is 13.1. The normalized spacial score (nSPS) is 17.3. The number of benzene rings is 1. The molecule has 1 aliphatic rings. The number of piperidine rings is 1. The minimum Gasteiger partial charge on any atom is -0.357 e. The molecule has 8 heteroatoms. The third-order valence-corrected chi connectivity index (χ3v) is 7.20. The number of rotatable bonds is 8. The molecule has 0 spiro atoms. The van der Waals surface area contributed by atoms with Crippen molar-refractivity contribution in [2.24, 2.45) is 16.8 Å². The van der Waals surface area contributed by atoms with E-state index in [1.807, 2.05) is 19.1 Å². The van der Waals surface area contributed by atoms with Crippen LogP contribution in [0.15, 0.2) is 28.1 Å². The SMILES string of the molecule is CCNC(=NCc1ccc(S(C)(=O)=O)c(C)c1)NCC(C(C)C)N1CCC(C)CC1.I. The summed E-state index contributed by atoms with van der Waals surface area (Å²) in [6.45, 7) is 15.3. The van der Waals surface area contributed by atoms with E-state index in [-0.39, 0.29) is 24.0 Å². The molecule has 0 amide bonds. The van der Waals surface area contributed by atoms with Crippen LogP contribution < -0.4 is 10.6 Å². The van der Waals surface area contributed by atoms with Crippen molar-refractivity contribution in [3.05, 3.63) is 29.3 Å². The number of halogens is 1. The Morgan fingerprint density at radius 1 is 1.23 bits per heavy atom. The fourth-order valence-corrected chi connectivity index (χ4v) is 5.04. The summed E-state index contributed by atoms with van der Waals surface area (Å²) in [4.78, 5) is 7.74. The molecule has 2 rings (SSSR count). The highest BCUT2D eigenvalue weighted by Crippen LogP contribution is 2.21. The van der Waals surface area contributed by atoms with Gasteiger partial charge in [-0.15, -0.1) is 24.0 Å². The van der Waals surface area contributed by atoms with E-state index in [9.17, 15) is 8.42 Å². The van der Waals surface area contributed by atoms with E-state index in [1.165, 1.54) is 32.2 Å². The maximum absolute atomic E-state index is 11.8. The van der Waals surface area contributed by atoms with Gasteiger partial charge in [0, 0.05) is 25.4 Å². The van der Waals surface area contributed by atoms with Gasteiger partial charge in [0.2, 0.25) is 0 Å². The predicted octanol–water partition coefficient (Wildman–Crippen LogP) is 3.83. The highest BCUT2D eigenvalue weighted by Gasteiger charge is 2.25. The Morgan fingerprint density at radius 2 is 1.87 bits per heavy atom. The molecule has 0 bridgehead atoms. The molecule has 1 aromatic rings. The highest BCUT2D eigenvalue weighted by atomic mass is 127. The molecule has 0 radical (unpaired) electrons. The Hall–Kier alpha value is -0.870. The van der Waals surface area contributed by atoms with E-state index in [0.717, 1.165) is 36.1 Å². The van der Waals surface area contributed by atoms with Gasteiger partial charge in [0.05, 0.1) is 11.4 Å². The molecule has 1 atom stereocenters. The Morgan fingerprint density at radius 3 is 2.39 bits per heavy atom. The largest absolute Gasteiger partial charge is 0.357 e. The Balaban J connectivity index is 0.00000480. The first-order valence-electron chi connectivity index (χ1n) is 11.2. The summed E-state index contributed by atoms with van der Waals surface area (Å²) >= 11 is 0. The molecular weight excluding hydrogens is 523 g/mol. The van der Waals surface area contributed by atoms with Crippen LogP contribution in [-0.4, -0.2) is 57.8 Å². The van der Waals surface area contributed by atoms with Gasteiger partial charge in [-0.1, -0.05) is 32.9 Å². The highest BCUT2D eigenvalue weighted by molar-refractivity contribution is 14.0. The second kappa shape index (κ2) is 13.0. The summed E-state index contributed by atoms with van der Waals surface area (Å²) in [6.07, 6.45) is 3.80. The van der Waals surface area contributed by atoms with Crippen LogP contribution in [-0.2, 0) is 16.4 Å². The van der Waals surface area contributed by atoms with Gasteiger partial charge in [0.15, 0.2) is 15.8 Å². The van der Waals surface area contributed by atoms with Crippen LogP contribution in [0.2, 0.25) is 0 Å². The molecule has 178 valence electrons. The first kappa shape index (κ1) is 28.2. The van der Waals surface area contributed by atoms with Crippen LogP contribution in [0.25, 0.3) is 0 Å². The maximum atomic E-state index is 11.8. The second-order valence-electron chi connectivity index (χ2n) is 8.98. The van der Waals surface area contributed by atoms with Crippen LogP contribution in [0.3, 0.4) is 0 Å². The van der Waals surface area contributed by atoms with Crippen molar-refractivity contribution in [3.63, 3.8) is 0 Å². The molecule has 6 nitrogen and oxygen atoms in total. The number of hydrogen-bond acceptors (Lipinski definition) is 4.